The zero-order valence-electron chi connectivity index (χ0n) is 11.1. The molecular weight excluding hydrogens is 208 g/mol. The smallest absolute Gasteiger partial charge is 0.109 e. The van der Waals surface area contributed by atoms with Gasteiger partial charge in [-0.2, -0.15) is 5.26 Å². The summed E-state index contributed by atoms with van der Waals surface area (Å²) >= 11 is 0. The zero-order valence-corrected chi connectivity index (χ0v) is 11.1. The normalized spacial score (nSPS) is 27.5. The predicted molar refractivity (Wildman–Crippen MR) is 70.7 cm³/mol. The Morgan fingerprint density at radius 1 is 0.706 bits per heavy atom. The van der Waals surface area contributed by atoms with Crippen LogP contribution >= 0.6 is 0 Å². The molecule has 0 radical (unpaired) electrons. The van der Waals surface area contributed by atoms with Crippen LogP contribution in [-0.2, 0) is 0 Å². The number of rotatable bonds is 1. The fraction of sp³-hybridized carbons (Fsp3) is 0.933. The van der Waals surface area contributed by atoms with E-state index in [1.165, 1.54) is 57.8 Å². The molecule has 2 fully saturated rings. The fourth-order valence-electron chi connectivity index (χ4n) is 3.49. The molecule has 17 heavy (non-hydrogen) atoms. The Labute approximate surface area is 106 Å². The third kappa shape index (κ3) is 3.22. The van der Waals surface area contributed by atoms with Gasteiger partial charge in [-0.1, -0.05) is 44.9 Å². The first kappa shape index (κ1) is 12.9. The fourth-order valence-corrected chi connectivity index (χ4v) is 3.49. The Bertz CT molecular complexity index is 251. The average Bonchev–Trinajstić information content (AvgIpc) is 2.59. The highest BCUT2D eigenvalue weighted by atomic mass is 15.2. The Kier molecular flexibility index (Phi) is 4.86. The van der Waals surface area contributed by atoms with E-state index in [4.69, 9.17) is 0 Å². The summed E-state index contributed by atoms with van der Waals surface area (Å²) in [5, 5.41) is 9.71. The summed E-state index contributed by atoms with van der Waals surface area (Å²) in [6.07, 6.45) is 14.1. The van der Waals surface area contributed by atoms with Gasteiger partial charge in [0.05, 0.1) is 6.07 Å². The molecule has 0 unspecified atom stereocenters. The molecule has 1 saturated carbocycles. The van der Waals surface area contributed by atoms with E-state index >= 15 is 0 Å². The van der Waals surface area contributed by atoms with E-state index in [1.54, 1.807) is 0 Å². The molecule has 2 aliphatic rings. The van der Waals surface area contributed by atoms with Crippen LogP contribution in [0.25, 0.3) is 0 Å². The van der Waals surface area contributed by atoms with Gasteiger partial charge in [0.1, 0.15) is 5.54 Å². The predicted octanol–water partition coefficient (Wildman–Crippen LogP) is 3.87. The van der Waals surface area contributed by atoms with E-state index in [9.17, 15) is 5.26 Å². The number of hydrogen-bond donors (Lipinski definition) is 0. The first-order valence-electron chi connectivity index (χ1n) is 7.54. The molecule has 0 spiro atoms. The largest absolute Gasteiger partial charge is 0.286 e. The van der Waals surface area contributed by atoms with Crippen molar-refractivity contribution in [3.8, 4) is 6.07 Å². The molecule has 1 saturated heterocycles. The van der Waals surface area contributed by atoms with Crippen LogP contribution in [0.1, 0.15) is 70.6 Å². The van der Waals surface area contributed by atoms with Gasteiger partial charge in [-0.05, 0) is 38.8 Å². The van der Waals surface area contributed by atoms with Gasteiger partial charge in [-0.3, -0.25) is 4.90 Å². The van der Waals surface area contributed by atoms with E-state index in [-0.39, 0.29) is 5.54 Å². The summed E-state index contributed by atoms with van der Waals surface area (Å²) in [6.45, 7) is 2.32. The molecule has 0 bridgehead atoms. The molecule has 2 heteroatoms. The lowest BCUT2D eigenvalue weighted by Crippen LogP contribution is -2.48. The van der Waals surface area contributed by atoms with E-state index in [1.807, 2.05) is 0 Å². The molecule has 2 nitrogen and oxygen atoms in total. The second-order valence-electron chi connectivity index (χ2n) is 5.81. The summed E-state index contributed by atoms with van der Waals surface area (Å²) < 4.78 is 0. The first-order chi connectivity index (χ1) is 8.37. The minimum atomic E-state index is -0.106. The molecule has 0 atom stereocenters. The van der Waals surface area contributed by atoms with E-state index in [0.29, 0.717) is 0 Å². The van der Waals surface area contributed by atoms with Crippen LogP contribution in [0.5, 0.6) is 0 Å². The van der Waals surface area contributed by atoms with Crippen LogP contribution in [0.15, 0.2) is 0 Å². The molecule has 0 aromatic carbocycles. The van der Waals surface area contributed by atoms with Gasteiger partial charge in [-0.15, -0.1) is 0 Å². The van der Waals surface area contributed by atoms with Crippen LogP contribution in [0.4, 0.5) is 0 Å². The Morgan fingerprint density at radius 3 is 1.71 bits per heavy atom. The molecule has 0 aromatic heterocycles. The van der Waals surface area contributed by atoms with E-state index in [2.05, 4.69) is 11.0 Å². The topological polar surface area (TPSA) is 27.0 Å². The summed E-state index contributed by atoms with van der Waals surface area (Å²) in [6, 6.07) is 2.71. The maximum Gasteiger partial charge on any atom is 0.109 e. The maximum absolute atomic E-state index is 9.71. The molecule has 1 aliphatic heterocycles. The third-order valence-electron chi connectivity index (χ3n) is 4.60. The van der Waals surface area contributed by atoms with Crippen molar-refractivity contribution in [3.05, 3.63) is 0 Å². The van der Waals surface area contributed by atoms with Crippen LogP contribution in [0.2, 0.25) is 0 Å². The minimum Gasteiger partial charge on any atom is -0.286 e. The summed E-state index contributed by atoms with van der Waals surface area (Å²) in [4.78, 5) is 2.53. The summed E-state index contributed by atoms with van der Waals surface area (Å²) in [5.41, 5.74) is -0.106. The van der Waals surface area contributed by atoms with Crippen molar-refractivity contribution in [2.75, 3.05) is 13.1 Å². The van der Waals surface area contributed by atoms with Gasteiger partial charge in [-0.25, -0.2) is 0 Å². The number of hydrogen-bond acceptors (Lipinski definition) is 2. The van der Waals surface area contributed by atoms with Gasteiger partial charge in [0, 0.05) is 0 Å². The molecule has 0 amide bonds. The van der Waals surface area contributed by atoms with Crippen molar-refractivity contribution in [2.45, 2.75) is 76.2 Å². The van der Waals surface area contributed by atoms with E-state index < -0.39 is 0 Å². The maximum atomic E-state index is 9.71. The van der Waals surface area contributed by atoms with Crippen LogP contribution < -0.4 is 0 Å². The minimum absolute atomic E-state index is 0.106. The van der Waals surface area contributed by atoms with Gasteiger partial charge >= 0.3 is 0 Å². The molecule has 1 heterocycles. The van der Waals surface area contributed by atoms with Gasteiger partial charge in [0.2, 0.25) is 0 Å². The van der Waals surface area contributed by atoms with Crippen LogP contribution in [0, 0.1) is 11.3 Å². The molecule has 96 valence electrons. The highest BCUT2D eigenvalue weighted by molar-refractivity contribution is 5.08. The Hall–Kier alpha value is -0.550. The number of likely N-dealkylation sites (tertiary alicyclic amines) is 1. The second kappa shape index (κ2) is 6.40. The molecule has 0 aromatic rings. The van der Waals surface area contributed by atoms with Gasteiger partial charge in [0.15, 0.2) is 0 Å². The Morgan fingerprint density at radius 2 is 1.18 bits per heavy atom. The van der Waals surface area contributed by atoms with Crippen molar-refractivity contribution in [2.24, 2.45) is 0 Å². The lowest BCUT2D eigenvalue weighted by Gasteiger charge is -2.39. The van der Waals surface area contributed by atoms with Gasteiger partial charge in [0.25, 0.3) is 0 Å². The number of nitriles is 1. The van der Waals surface area contributed by atoms with E-state index in [0.717, 1.165) is 25.9 Å². The molecule has 0 N–H and O–H groups in total. The van der Waals surface area contributed by atoms with Crippen LogP contribution in [0.3, 0.4) is 0 Å². The quantitative estimate of drug-likeness (QED) is 0.688. The second-order valence-corrected chi connectivity index (χ2v) is 5.81. The lowest BCUT2D eigenvalue weighted by molar-refractivity contribution is 0.112. The third-order valence-corrected chi connectivity index (χ3v) is 4.60. The van der Waals surface area contributed by atoms with Gasteiger partial charge < -0.3 is 0 Å². The average molecular weight is 234 g/mol. The van der Waals surface area contributed by atoms with Crippen molar-refractivity contribution < 1.29 is 0 Å². The lowest BCUT2D eigenvalue weighted by atomic mass is 9.83. The zero-order chi connectivity index (χ0) is 12.0. The summed E-state index contributed by atoms with van der Waals surface area (Å²) in [7, 11) is 0. The van der Waals surface area contributed by atoms with Crippen molar-refractivity contribution >= 4 is 0 Å². The van der Waals surface area contributed by atoms with Crippen molar-refractivity contribution in [3.63, 3.8) is 0 Å². The highest BCUT2D eigenvalue weighted by Crippen LogP contribution is 2.32. The highest BCUT2D eigenvalue weighted by Gasteiger charge is 2.36. The standard InChI is InChI=1S/C15H26N2/c16-14-15(10-6-2-1-3-7-11-15)17-12-8-4-5-9-13-17/h1-13H2. The Balaban J connectivity index is 2.06. The molecule has 2 rings (SSSR count). The van der Waals surface area contributed by atoms with Crippen molar-refractivity contribution in [1.82, 2.24) is 4.90 Å². The molecule has 1 aliphatic carbocycles. The number of nitrogens with zero attached hydrogens (tertiary/aromatic N) is 2. The monoisotopic (exact) mass is 234 g/mol. The van der Waals surface area contributed by atoms with Crippen molar-refractivity contribution in [1.29, 1.82) is 5.26 Å². The molecular formula is C15H26N2. The SMILES string of the molecule is N#CC1(N2CCCCCC2)CCCCCCC1. The summed E-state index contributed by atoms with van der Waals surface area (Å²) in [5.74, 6) is 0. The van der Waals surface area contributed by atoms with Crippen LogP contribution in [-0.4, -0.2) is 23.5 Å². The first-order valence-corrected chi connectivity index (χ1v) is 7.54.